The summed E-state index contributed by atoms with van der Waals surface area (Å²) in [7, 11) is 1.52. The molecule has 0 radical (unpaired) electrons. The maximum Gasteiger partial charge on any atom is 0.109 e. The van der Waals surface area contributed by atoms with Crippen molar-refractivity contribution >= 4 is 0 Å². The number of aliphatic hydroxyl groups is 3. The number of methoxy groups -OCH3 is 1. The standard InChI is InChI=1S/C8H14O4/c1-12-8-4-2-3(4)5(9)6(10)7(8)11/h3-11H,2H2,1H3. The van der Waals surface area contributed by atoms with Crippen LogP contribution in [0.15, 0.2) is 0 Å². The van der Waals surface area contributed by atoms with Crippen LogP contribution in [0, 0.1) is 11.8 Å². The van der Waals surface area contributed by atoms with E-state index in [1.54, 1.807) is 0 Å². The van der Waals surface area contributed by atoms with E-state index in [0.717, 1.165) is 6.42 Å². The Morgan fingerprint density at radius 2 is 1.67 bits per heavy atom. The third-order valence-electron chi connectivity index (χ3n) is 3.06. The van der Waals surface area contributed by atoms with E-state index < -0.39 is 18.3 Å². The molecule has 2 aliphatic rings. The van der Waals surface area contributed by atoms with Crippen LogP contribution in [0.25, 0.3) is 0 Å². The third kappa shape index (κ3) is 0.992. The summed E-state index contributed by atoms with van der Waals surface area (Å²) in [5.74, 6) is 0.372. The number of hydrogen-bond donors (Lipinski definition) is 3. The zero-order valence-corrected chi connectivity index (χ0v) is 6.92. The second kappa shape index (κ2) is 2.67. The lowest BCUT2D eigenvalue weighted by atomic mass is 9.90. The first kappa shape index (κ1) is 8.44. The highest BCUT2D eigenvalue weighted by atomic mass is 16.5. The predicted octanol–water partition coefficient (Wildman–Crippen LogP) is -1.27. The van der Waals surface area contributed by atoms with Gasteiger partial charge in [-0.1, -0.05) is 0 Å². The number of fused-ring (bicyclic) bond motifs is 1. The molecule has 2 saturated carbocycles. The van der Waals surface area contributed by atoms with Gasteiger partial charge in [-0.15, -0.1) is 0 Å². The zero-order chi connectivity index (χ0) is 8.88. The summed E-state index contributed by atoms with van der Waals surface area (Å²) in [5, 5.41) is 28.2. The van der Waals surface area contributed by atoms with Crippen LogP contribution < -0.4 is 0 Å². The monoisotopic (exact) mass is 174 g/mol. The minimum atomic E-state index is -1.04. The average Bonchev–Trinajstić information content (AvgIpc) is 2.81. The molecule has 2 rings (SSSR count). The fraction of sp³-hybridized carbons (Fsp3) is 1.00. The maximum atomic E-state index is 9.47. The minimum absolute atomic E-state index is 0.133. The molecule has 0 saturated heterocycles. The highest BCUT2D eigenvalue weighted by Crippen LogP contribution is 2.50. The van der Waals surface area contributed by atoms with Crippen LogP contribution in [-0.2, 0) is 4.74 Å². The smallest absolute Gasteiger partial charge is 0.109 e. The molecule has 3 N–H and O–H groups in total. The molecule has 0 bridgehead atoms. The number of rotatable bonds is 1. The maximum absolute atomic E-state index is 9.47. The van der Waals surface area contributed by atoms with E-state index in [2.05, 4.69) is 0 Å². The van der Waals surface area contributed by atoms with E-state index in [-0.39, 0.29) is 17.9 Å². The second-order valence-corrected chi connectivity index (χ2v) is 3.74. The van der Waals surface area contributed by atoms with Crippen LogP contribution in [-0.4, -0.2) is 46.8 Å². The van der Waals surface area contributed by atoms with Crippen LogP contribution in [0.5, 0.6) is 0 Å². The molecule has 0 amide bonds. The lowest BCUT2D eigenvalue weighted by Crippen LogP contribution is -2.51. The summed E-state index contributed by atoms with van der Waals surface area (Å²) < 4.78 is 5.05. The molecule has 0 heterocycles. The summed E-state index contributed by atoms with van der Waals surface area (Å²) in [5.41, 5.74) is 0. The molecule has 12 heavy (non-hydrogen) atoms. The third-order valence-corrected chi connectivity index (χ3v) is 3.06. The van der Waals surface area contributed by atoms with Crippen molar-refractivity contribution in [1.29, 1.82) is 0 Å². The average molecular weight is 174 g/mol. The lowest BCUT2D eigenvalue weighted by Gasteiger charge is -2.33. The number of hydrogen-bond acceptors (Lipinski definition) is 4. The topological polar surface area (TPSA) is 69.9 Å². The van der Waals surface area contributed by atoms with Crippen molar-refractivity contribution in [3.63, 3.8) is 0 Å². The molecule has 0 aliphatic heterocycles. The van der Waals surface area contributed by atoms with Gasteiger partial charge in [-0.05, 0) is 18.3 Å². The first-order chi connectivity index (χ1) is 5.66. The Morgan fingerprint density at radius 3 is 2.25 bits per heavy atom. The van der Waals surface area contributed by atoms with Gasteiger partial charge in [0.1, 0.15) is 12.2 Å². The van der Waals surface area contributed by atoms with Gasteiger partial charge in [0.15, 0.2) is 0 Å². The molecule has 6 atom stereocenters. The Balaban J connectivity index is 2.11. The Morgan fingerprint density at radius 1 is 1.00 bits per heavy atom. The summed E-state index contributed by atoms with van der Waals surface area (Å²) in [6.07, 6.45) is -2.19. The Kier molecular flexibility index (Phi) is 1.88. The normalized spacial score (nSPS) is 58.0. The van der Waals surface area contributed by atoms with Crippen molar-refractivity contribution in [2.24, 2.45) is 11.8 Å². The first-order valence-corrected chi connectivity index (χ1v) is 4.24. The van der Waals surface area contributed by atoms with Crippen LogP contribution in [0.4, 0.5) is 0 Å². The minimum Gasteiger partial charge on any atom is -0.390 e. The molecule has 0 aromatic carbocycles. The molecule has 0 aromatic rings. The van der Waals surface area contributed by atoms with E-state index in [1.807, 2.05) is 0 Å². The van der Waals surface area contributed by atoms with Gasteiger partial charge in [0.25, 0.3) is 0 Å². The van der Waals surface area contributed by atoms with Crippen molar-refractivity contribution in [1.82, 2.24) is 0 Å². The quantitative estimate of drug-likeness (QED) is 0.464. The second-order valence-electron chi connectivity index (χ2n) is 3.74. The molecule has 70 valence electrons. The number of aliphatic hydroxyl groups excluding tert-OH is 3. The van der Waals surface area contributed by atoms with Crippen molar-refractivity contribution in [3.05, 3.63) is 0 Å². The van der Waals surface area contributed by atoms with Crippen LogP contribution in [0.2, 0.25) is 0 Å². The molecule has 2 fully saturated rings. The summed E-state index contributed by atoms with van der Waals surface area (Å²) in [6, 6.07) is 0. The molecule has 2 aliphatic carbocycles. The van der Waals surface area contributed by atoms with Crippen molar-refractivity contribution in [2.45, 2.75) is 30.8 Å². The summed E-state index contributed by atoms with van der Waals surface area (Å²) >= 11 is 0. The SMILES string of the molecule is COC1C(O)C(O)C(O)C2CC21. The van der Waals surface area contributed by atoms with Gasteiger partial charge in [-0.2, -0.15) is 0 Å². The Bertz CT molecular complexity index is 184. The van der Waals surface area contributed by atoms with Crippen LogP contribution >= 0.6 is 0 Å². The summed E-state index contributed by atoms with van der Waals surface area (Å²) in [4.78, 5) is 0. The van der Waals surface area contributed by atoms with Crippen molar-refractivity contribution in [3.8, 4) is 0 Å². The number of ether oxygens (including phenoxy) is 1. The fourth-order valence-electron chi connectivity index (χ4n) is 2.22. The van der Waals surface area contributed by atoms with Gasteiger partial charge >= 0.3 is 0 Å². The van der Waals surface area contributed by atoms with E-state index in [1.165, 1.54) is 7.11 Å². The van der Waals surface area contributed by atoms with Gasteiger partial charge in [-0.25, -0.2) is 0 Å². The first-order valence-electron chi connectivity index (χ1n) is 4.24. The molecule has 0 spiro atoms. The Hall–Kier alpha value is -0.160. The van der Waals surface area contributed by atoms with Crippen molar-refractivity contribution in [2.75, 3.05) is 7.11 Å². The highest BCUT2D eigenvalue weighted by Gasteiger charge is 2.58. The van der Waals surface area contributed by atoms with Crippen molar-refractivity contribution < 1.29 is 20.1 Å². The van der Waals surface area contributed by atoms with E-state index in [9.17, 15) is 15.3 Å². The molecule has 0 aromatic heterocycles. The Labute approximate surface area is 70.8 Å². The molecular formula is C8H14O4. The van der Waals surface area contributed by atoms with Gasteiger partial charge in [0, 0.05) is 7.11 Å². The van der Waals surface area contributed by atoms with Gasteiger partial charge in [-0.3, -0.25) is 0 Å². The van der Waals surface area contributed by atoms with E-state index in [0.29, 0.717) is 0 Å². The molecule has 4 heteroatoms. The molecule has 4 nitrogen and oxygen atoms in total. The van der Waals surface area contributed by atoms with Crippen LogP contribution in [0.1, 0.15) is 6.42 Å². The lowest BCUT2D eigenvalue weighted by molar-refractivity contribution is -0.149. The van der Waals surface area contributed by atoms with Gasteiger partial charge in [0.2, 0.25) is 0 Å². The molecule has 6 unspecified atom stereocenters. The van der Waals surface area contributed by atoms with E-state index in [4.69, 9.17) is 4.74 Å². The van der Waals surface area contributed by atoms with E-state index >= 15 is 0 Å². The van der Waals surface area contributed by atoms with Gasteiger partial charge in [0.05, 0.1) is 12.2 Å². The predicted molar refractivity (Wildman–Crippen MR) is 40.4 cm³/mol. The highest BCUT2D eigenvalue weighted by molar-refractivity contribution is 5.07. The zero-order valence-electron chi connectivity index (χ0n) is 6.92. The van der Waals surface area contributed by atoms with Gasteiger partial charge < -0.3 is 20.1 Å². The van der Waals surface area contributed by atoms with Crippen LogP contribution in [0.3, 0.4) is 0 Å². The summed E-state index contributed by atoms with van der Waals surface area (Å²) in [6.45, 7) is 0. The largest absolute Gasteiger partial charge is 0.390 e. The molecular weight excluding hydrogens is 160 g/mol. The fourth-order valence-corrected chi connectivity index (χ4v) is 2.22.